The third-order valence-electron chi connectivity index (χ3n) is 3.54. The van der Waals surface area contributed by atoms with Crippen molar-refractivity contribution in [1.82, 2.24) is 10.2 Å². The predicted molar refractivity (Wildman–Crippen MR) is 73.4 cm³/mol. The van der Waals surface area contributed by atoms with Crippen LogP contribution in [-0.2, 0) is 11.2 Å². The monoisotopic (exact) mass is 246 g/mol. The highest BCUT2D eigenvalue weighted by atomic mass is 16.2. The molecule has 98 valence electrons. The fourth-order valence-electron chi connectivity index (χ4n) is 2.50. The topological polar surface area (TPSA) is 32.3 Å². The summed E-state index contributed by atoms with van der Waals surface area (Å²) in [7, 11) is 0. The van der Waals surface area contributed by atoms with E-state index >= 15 is 0 Å². The van der Waals surface area contributed by atoms with Gasteiger partial charge in [0.15, 0.2) is 0 Å². The first kappa shape index (κ1) is 13.1. The average Bonchev–Trinajstić information content (AvgIpc) is 2.41. The van der Waals surface area contributed by atoms with Crippen LogP contribution in [0.15, 0.2) is 30.3 Å². The molecule has 1 fully saturated rings. The first-order valence-electron chi connectivity index (χ1n) is 6.84. The molecule has 3 heteroatoms. The molecule has 0 aliphatic carbocycles. The summed E-state index contributed by atoms with van der Waals surface area (Å²) in [5, 5.41) is 3.46. The normalized spacial score (nSPS) is 16.8. The molecule has 1 aromatic carbocycles. The minimum atomic E-state index is 0.260. The van der Waals surface area contributed by atoms with E-state index in [4.69, 9.17) is 0 Å². The summed E-state index contributed by atoms with van der Waals surface area (Å²) in [4.78, 5) is 14.1. The van der Waals surface area contributed by atoms with Gasteiger partial charge in [-0.05, 0) is 24.9 Å². The third kappa shape index (κ3) is 3.57. The van der Waals surface area contributed by atoms with Crippen molar-refractivity contribution in [2.75, 3.05) is 19.6 Å². The molecule has 1 amide bonds. The SMILES string of the molecule is CCNC1CCN(C(=O)Cc2ccccc2)CC1. The molecule has 1 aromatic rings. The minimum Gasteiger partial charge on any atom is -0.342 e. The maximum atomic E-state index is 12.1. The van der Waals surface area contributed by atoms with Gasteiger partial charge in [-0.1, -0.05) is 37.3 Å². The second kappa shape index (κ2) is 6.55. The molecule has 0 unspecified atom stereocenters. The summed E-state index contributed by atoms with van der Waals surface area (Å²) in [6.07, 6.45) is 2.69. The summed E-state index contributed by atoms with van der Waals surface area (Å²) in [6, 6.07) is 10.6. The van der Waals surface area contributed by atoms with Gasteiger partial charge in [0.05, 0.1) is 6.42 Å². The first-order valence-corrected chi connectivity index (χ1v) is 6.84. The number of nitrogens with zero attached hydrogens (tertiary/aromatic N) is 1. The molecule has 2 rings (SSSR count). The molecule has 0 saturated carbocycles. The van der Waals surface area contributed by atoms with Gasteiger partial charge in [0.2, 0.25) is 5.91 Å². The Bertz CT molecular complexity index is 369. The van der Waals surface area contributed by atoms with Gasteiger partial charge in [-0.2, -0.15) is 0 Å². The zero-order valence-corrected chi connectivity index (χ0v) is 11.1. The van der Waals surface area contributed by atoms with Crippen LogP contribution in [0.5, 0.6) is 0 Å². The minimum absolute atomic E-state index is 0.260. The van der Waals surface area contributed by atoms with Crippen molar-refractivity contribution < 1.29 is 4.79 Å². The van der Waals surface area contributed by atoms with Crippen molar-refractivity contribution in [2.24, 2.45) is 0 Å². The van der Waals surface area contributed by atoms with Crippen LogP contribution in [0.1, 0.15) is 25.3 Å². The molecule has 0 spiro atoms. The number of likely N-dealkylation sites (tertiary alicyclic amines) is 1. The second-order valence-electron chi connectivity index (χ2n) is 4.88. The fourth-order valence-corrected chi connectivity index (χ4v) is 2.50. The number of carbonyl (C=O) groups excluding carboxylic acids is 1. The van der Waals surface area contributed by atoms with Crippen molar-refractivity contribution in [1.29, 1.82) is 0 Å². The maximum absolute atomic E-state index is 12.1. The molecule has 1 heterocycles. The third-order valence-corrected chi connectivity index (χ3v) is 3.54. The summed E-state index contributed by atoms with van der Waals surface area (Å²) in [5.41, 5.74) is 1.11. The van der Waals surface area contributed by atoms with Crippen molar-refractivity contribution in [3.05, 3.63) is 35.9 Å². The number of piperidine rings is 1. The molecule has 0 radical (unpaired) electrons. The van der Waals surface area contributed by atoms with Gasteiger partial charge in [-0.3, -0.25) is 4.79 Å². The lowest BCUT2D eigenvalue weighted by molar-refractivity contribution is -0.131. The molecule has 1 aliphatic rings. The van der Waals surface area contributed by atoms with Crippen molar-refractivity contribution in [3.8, 4) is 0 Å². The van der Waals surface area contributed by atoms with Crippen molar-refractivity contribution >= 4 is 5.91 Å². The predicted octanol–water partition coefficient (Wildman–Crippen LogP) is 1.83. The van der Waals surface area contributed by atoms with E-state index in [-0.39, 0.29) is 5.91 Å². The van der Waals surface area contributed by atoms with Crippen LogP contribution in [0.2, 0.25) is 0 Å². The van der Waals surface area contributed by atoms with Gasteiger partial charge in [0, 0.05) is 19.1 Å². The fraction of sp³-hybridized carbons (Fsp3) is 0.533. The highest BCUT2D eigenvalue weighted by molar-refractivity contribution is 5.78. The van der Waals surface area contributed by atoms with Crippen LogP contribution >= 0.6 is 0 Å². The number of nitrogens with one attached hydrogen (secondary N) is 1. The average molecular weight is 246 g/mol. The van der Waals surface area contributed by atoms with E-state index < -0.39 is 0 Å². The number of hydrogen-bond acceptors (Lipinski definition) is 2. The quantitative estimate of drug-likeness (QED) is 0.879. The van der Waals surface area contributed by atoms with Crippen LogP contribution < -0.4 is 5.32 Å². The van der Waals surface area contributed by atoms with Crippen LogP contribution in [-0.4, -0.2) is 36.5 Å². The van der Waals surface area contributed by atoms with E-state index in [1.165, 1.54) is 0 Å². The molecule has 1 N–H and O–H groups in total. The number of benzene rings is 1. The standard InChI is InChI=1S/C15H22N2O/c1-2-16-14-8-10-17(11-9-14)15(18)12-13-6-4-3-5-7-13/h3-7,14,16H,2,8-12H2,1H3. The lowest BCUT2D eigenvalue weighted by Gasteiger charge is -2.32. The summed E-state index contributed by atoms with van der Waals surface area (Å²) in [6.45, 7) is 4.93. The van der Waals surface area contributed by atoms with Gasteiger partial charge in [-0.25, -0.2) is 0 Å². The molecular formula is C15H22N2O. The smallest absolute Gasteiger partial charge is 0.226 e. The lowest BCUT2D eigenvalue weighted by atomic mass is 10.0. The Labute approximate surface area is 109 Å². The molecule has 3 nitrogen and oxygen atoms in total. The van der Waals surface area contributed by atoms with Crippen LogP contribution in [0, 0.1) is 0 Å². The van der Waals surface area contributed by atoms with Crippen molar-refractivity contribution in [3.63, 3.8) is 0 Å². The van der Waals surface area contributed by atoms with E-state index in [2.05, 4.69) is 12.2 Å². The second-order valence-corrected chi connectivity index (χ2v) is 4.88. The summed E-state index contributed by atoms with van der Waals surface area (Å²) in [5.74, 6) is 0.260. The zero-order chi connectivity index (χ0) is 12.8. The molecule has 0 aromatic heterocycles. The largest absolute Gasteiger partial charge is 0.342 e. The zero-order valence-electron chi connectivity index (χ0n) is 11.1. The van der Waals surface area contributed by atoms with Gasteiger partial charge >= 0.3 is 0 Å². The van der Waals surface area contributed by atoms with E-state index in [1.807, 2.05) is 35.2 Å². The first-order chi connectivity index (χ1) is 8.79. The van der Waals surface area contributed by atoms with E-state index in [0.717, 1.165) is 38.0 Å². The van der Waals surface area contributed by atoms with E-state index in [9.17, 15) is 4.79 Å². The van der Waals surface area contributed by atoms with Crippen LogP contribution in [0.25, 0.3) is 0 Å². The van der Waals surface area contributed by atoms with Gasteiger partial charge in [0.25, 0.3) is 0 Å². The highest BCUT2D eigenvalue weighted by Gasteiger charge is 2.21. The molecule has 0 atom stereocenters. The van der Waals surface area contributed by atoms with Gasteiger partial charge < -0.3 is 10.2 Å². The Morgan fingerprint density at radius 2 is 1.94 bits per heavy atom. The number of carbonyl (C=O) groups is 1. The van der Waals surface area contributed by atoms with Gasteiger partial charge in [0.1, 0.15) is 0 Å². The Morgan fingerprint density at radius 1 is 1.28 bits per heavy atom. The molecule has 0 bridgehead atoms. The highest BCUT2D eigenvalue weighted by Crippen LogP contribution is 2.12. The Kier molecular flexibility index (Phi) is 4.76. The maximum Gasteiger partial charge on any atom is 0.226 e. The number of hydrogen-bond donors (Lipinski definition) is 1. The van der Waals surface area contributed by atoms with Crippen LogP contribution in [0.4, 0.5) is 0 Å². The molecule has 1 saturated heterocycles. The van der Waals surface area contributed by atoms with E-state index in [1.54, 1.807) is 0 Å². The molecule has 1 aliphatic heterocycles. The summed E-state index contributed by atoms with van der Waals surface area (Å²) >= 11 is 0. The molecular weight excluding hydrogens is 224 g/mol. The van der Waals surface area contributed by atoms with Crippen molar-refractivity contribution in [2.45, 2.75) is 32.2 Å². The Morgan fingerprint density at radius 3 is 2.56 bits per heavy atom. The summed E-state index contributed by atoms with van der Waals surface area (Å²) < 4.78 is 0. The number of rotatable bonds is 4. The lowest BCUT2D eigenvalue weighted by Crippen LogP contribution is -2.45. The Balaban J connectivity index is 1.81. The van der Waals surface area contributed by atoms with Gasteiger partial charge in [-0.15, -0.1) is 0 Å². The van der Waals surface area contributed by atoms with Crippen LogP contribution in [0.3, 0.4) is 0 Å². The number of amides is 1. The molecule has 18 heavy (non-hydrogen) atoms. The Hall–Kier alpha value is -1.35. The van der Waals surface area contributed by atoms with E-state index in [0.29, 0.717) is 12.5 Å².